The highest BCUT2D eigenvalue weighted by Gasteiger charge is 2.15. The molecule has 0 unspecified atom stereocenters. The van der Waals surface area contributed by atoms with Crippen molar-refractivity contribution in [3.05, 3.63) is 62.4 Å². The Morgan fingerprint density at radius 2 is 2.10 bits per heavy atom. The van der Waals surface area contributed by atoms with Crippen LogP contribution in [0, 0.1) is 15.9 Å². The first-order chi connectivity index (χ1) is 10.0. The van der Waals surface area contributed by atoms with Crippen molar-refractivity contribution in [1.29, 1.82) is 0 Å². The molecule has 2 aromatic rings. The smallest absolute Gasteiger partial charge is 0.312 e. The van der Waals surface area contributed by atoms with E-state index in [4.69, 9.17) is 4.74 Å². The van der Waals surface area contributed by atoms with Crippen molar-refractivity contribution in [2.75, 3.05) is 12.4 Å². The van der Waals surface area contributed by atoms with Gasteiger partial charge < -0.3 is 10.1 Å². The van der Waals surface area contributed by atoms with Crippen molar-refractivity contribution >= 4 is 27.3 Å². The van der Waals surface area contributed by atoms with E-state index >= 15 is 0 Å². The SMILES string of the molecule is COc1ccc(NCc2ccc(Br)c(F)c2)cc1[N+](=O)[O-]. The summed E-state index contributed by atoms with van der Waals surface area (Å²) in [6.45, 7) is 0.355. The van der Waals surface area contributed by atoms with Gasteiger partial charge in [-0.3, -0.25) is 10.1 Å². The molecule has 0 atom stereocenters. The Balaban J connectivity index is 2.14. The maximum atomic E-state index is 13.4. The molecule has 2 aromatic carbocycles. The number of hydrogen-bond acceptors (Lipinski definition) is 4. The summed E-state index contributed by atoms with van der Waals surface area (Å²) in [5.74, 6) is -0.157. The molecule has 110 valence electrons. The van der Waals surface area contributed by atoms with E-state index < -0.39 is 4.92 Å². The molecular weight excluding hydrogens is 343 g/mol. The molecule has 0 aliphatic heterocycles. The van der Waals surface area contributed by atoms with E-state index in [1.807, 2.05) is 0 Å². The Kier molecular flexibility index (Phi) is 4.74. The van der Waals surface area contributed by atoms with Crippen molar-refractivity contribution in [3.8, 4) is 5.75 Å². The van der Waals surface area contributed by atoms with E-state index in [2.05, 4.69) is 21.2 Å². The van der Waals surface area contributed by atoms with Gasteiger partial charge in [0.15, 0.2) is 5.75 Å². The minimum absolute atomic E-state index is 0.121. The highest BCUT2D eigenvalue weighted by atomic mass is 79.9. The number of hydrogen-bond donors (Lipinski definition) is 1. The fourth-order valence-corrected chi connectivity index (χ4v) is 2.04. The average Bonchev–Trinajstić information content (AvgIpc) is 2.48. The zero-order valence-electron chi connectivity index (χ0n) is 11.1. The van der Waals surface area contributed by atoms with Gasteiger partial charge in [0.1, 0.15) is 5.82 Å². The molecule has 0 fully saturated rings. The normalized spacial score (nSPS) is 10.2. The third-order valence-electron chi connectivity index (χ3n) is 2.86. The monoisotopic (exact) mass is 354 g/mol. The van der Waals surface area contributed by atoms with Crippen molar-refractivity contribution in [3.63, 3.8) is 0 Å². The first kappa shape index (κ1) is 15.2. The zero-order valence-corrected chi connectivity index (χ0v) is 12.7. The predicted octanol–water partition coefficient (Wildman–Crippen LogP) is 4.12. The number of methoxy groups -OCH3 is 1. The van der Waals surface area contributed by atoms with Crippen LogP contribution in [0.4, 0.5) is 15.8 Å². The van der Waals surface area contributed by atoms with E-state index in [1.54, 1.807) is 18.2 Å². The second-order valence-corrected chi connectivity index (χ2v) is 5.10. The summed E-state index contributed by atoms with van der Waals surface area (Å²) in [6.07, 6.45) is 0. The number of benzene rings is 2. The van der Waals surface area contributed by atoms with Gasteiger partial charge >= 0.3 is 5.69 Å². The number of nitro benzene ring substituents is 1. The molecule has 7 heteroatoms. The first-order valence-electron chi connectivity index (χ1n) is 6.01. The molecular formula is C14H12BrFN2O3. The molecule has 0 aromatic heterocycles. The molecule has 0 heterocycles. The number of nitrogens with one attached hydrogen (secondary N) is 1. The molecule has 0 aliphatic rings. The van der Waals surface area contributed by atoms with Gasteiger partial charge in [-0.05, 0) is 45.8 Å². The first-order valence-corrected chi connectivity index (χ1v) is 6.81. The van der Waals surface area contributed by atoms with Gasteiger partial charge in [0.05, 0.1) is 16.5 Å². The molecule has 5 nitrogen and oxygen atoms in total. The van der Waals surface area contributed by atoms with E-state index in [-0.39, 0.29) is 17.3 Å². The lowest BCUT2D eigenvalue weighted by Gasteiger charge is -2.08. The Morgan fingerprint density at radius 1 is 1.33 bits per heavy atom. The van der Waals surface area contributed by atoms with Crippen LogP contribution >= 0.6 is 15.9 Å². The van der Waals surface area contributed by atoms with Crippen LogP contribution in [-0.4, -0.2) is 12.0 Å². The van der Waals surface area contributed by atoms with Gasteiger partial charge in [0.2, 0.25) is 0 Å². The molecule has 0 amide bonds. The largest absolute Gasteiger partial charge is 0.490 e. The number of anilines is 1. The standard InChI is InChI=1S/C14H12BrFN2O3/c1-21-14-5-3-10(7-13(14)18(19)20)17-8-9-2-4-11(15)12(16)6-9/h2-7,17H,8H2,1H3. The van der Waals surface area contributed by atoms with Crippen molar-refractivity contribution < 1.29 is 14.1 Å². The highest BCUT2D eigenvalue weighted by molar-refractivity contribution is 9.10. The fourth-order valence-electron chi connectivity index (χ4n) is 1.80. The fraction of sp³-hybridized carbons (Fsp3) is 0.143. The highest BCUT2D eigenvalue weighted by Crippen LogP contribution is 2.29. The quantitative estimate of drug-likeness (QED) is 0.647. The third kappa shape index (κ3) is 3.69. The van der Waals surface area contributed by atoms with Crippen LogP contribution in [0.25, 0.3) is 0 Å². The minimum Gasteiger partial charge on any atom is -0.490 e. The molecule has 1 N–H and O–H groups in total. The lowest BCUT2D eigenvalue weighted by atomic mass is 10.2. The summed E-state index contributed by atoms with van der Waals surface area (Å²) in [6, 6.07) is 9.34. The van der Waals surface area contributed by atoms with Crippen LogP contribution in [0.3, 0.4) is 0 Å². The number of nitro groups is 1. The van der Waals surface area contributed by atoms with E-state index in [0.717, 1.165) is 5.56 Å². The van der Waals surface area contributed by atoms with Crippen LogP contribution in [0.5, 0.6) is 5.75 Å². The van der Waals surface area contributed by atoms with E-state index in [9.17, 15) is 14.5 Å². The van der Waals surface area contributed by atoms with Crippen LogP contribution in [0.2, 0.25) is 0 Å². The molecule has 0 spiro atoms. The minimum atomic E-state index is -0.511. The summed E-state index contributed by atoms with van der Waals surface area (Å²) in [5, 5.41) is 13.9. The van der Waals surface area contributed by atoms with Gasteiger partial charge in [-0.1, -0.05) is 6.07 Å². The molecule has 0 bridgehead atoms. The van der Waals surface area contributed by atoms with Crippen LogP contribution < -0.4 is 10.1 Å². The molecule has 0 radical (unpaired) electrons. The second kappa shape index (κ2) is 6.53. The van der Waals surface area contributed by atoms with E-state index in [0.29, 0.717) is 16.7 Å². The topological polar surface area (TPSA) is 64.4 Å². The van der Waals surface area contributed by atoms with Gasteiger partial charge in [-0.25, -0.2) is 4.39 Å². The van der Waals surface area contributed by atoms with Crippen LogP contribution in [0.15, 0.2) is 40.9 Å². The lowest BCUT2D eigenvalue weighted by Crippen LogP contribution is -2.01. The van der Waals surface area contributed by atoms with Crippen molar-refractivity contribution in [2.24, 2.45) is 0 Å². The summed E-state index contributed by atoms with van der Waals surface area (Å²) < 4.78 is 18.7. The maximum absolute atomic E-state index is 13.4. The third-order valence-corrected chi connectivity index (χ3v) is 3.50. The van der Waals surface area contributed by atoms with Gasteiger partial charge in [0.25, 0.3) is 0 Å². The van der Waals surface area contributed by atoms with Gasteiger partial charge in [-0.15, -0.1) is 0 Å². The van der Waals surface area contributed by atoms with Gasteiger partial charge in [0, 0.05) is 18.3 Å². The molecule has 0 saturated heterocycles. The molecule has 0 saturated carbocycles. The Hall–Kier alpha value is -2.15. The predicted molar refractivity (Wildman–Crippen MR) is 81.1 cm³/mol. The second-order valence-electron chi connectivity index (χ2n) is 4.25. The molecule has 0 aliphatic carbocycles. The summed E-state index contributed by atoms with van der Waals surface area (Å²) in [4.78, 5) is 10.4. The Morgan fingerprint density at radius 3 is 2.71 bits per heavy atom. The molecule has 2 rings (SSSR count). The maximum Gasteiger partial charge on any atom is 0.312 e. The summed E-state index contributed by atoms with van der Waals surface area (Å²) in [5.41, 5.74) is 1.17. The number of rotatable bonds is 5. The Bertz CT molecular complexity index is 679. The number of ether oxygens (including phenoxy) is 1. The van der Waals surface area contributed by atoms with Gasteiger partial charge in [-0.2, -0.15) is 0 Å². The van der Waals surface area contributed by atoms with Crippen molar-refractivity contribution in [1.82, 2.24) is 0 Å². The molecule has 21 heavy (non-hydrogen) atoms. The number of halogens is 2. The number of nitrogens with zero attached hydrogens (tertiary/aromatic N) is 1. The average molecular weight is 355 g/mol. The van der Waals surface area contributed by atoms with Crippen LogP contribution in [-0.2, 0) is 6.54 Å². The zero-order chi connectivity index (χ0) is 15.4. The van der Waals surface area contributed by atoms with E-state index in [1.165, 1.54) is 25.3 Å². The van der Waals surface area contributed by atoms with Crippen LogP contribution in [0.1, 0.15) is 5.56 Å². The Labute approximate surface area is 129 Å². The summed E-state index contributed by atoms with van der Waals surface area (Å²) in [7, 11) is 1.38. The summed E-state index contributed by atoms with van der Waals surface area (Å²) >= 11 is 3.08. The lowest BCUT2D eigenvalue weighted by molar-refractivity contribution is -0.385. The van der Waals surface area contributed by atoms with Crippen molar-refractivity contribution in [2.45, 2.75) is 6.54 Å².